The molecule has 1 aliphatic rings. The number of hydrogen-bond acceptors (Lipinski definition) is 6. The summed E-state index contributed by atoms with van der Waals surface area (Å²) in [5.41, 5.74) is 0.576. The number of thiophene rings is 1. The van der Waals surface area contributed by atoms with E-state index in [9.17, 15) is 4.79 Å². The normalized spacial score (nSPS) is 15.6. The molecule has 0 spiro atoms. The maximum atomic E-state index is 11.8. The van der Waals surface area contributed by atoms with E-state index >= 15 is 0 Å². The van der Waals surface area contributed by atoms with Gasteiger partial charge in [-0.1, -0.05) is 0 Å². The number of nitrogens with zero attached hydrogens (tertiary/aromatic N) is 4. The molecule has 0 atom stereocenters. The van der Waals surface area contributed by atoms with Crippen LogP contribution in [0.1, 0.15) is 0 Å². The van der Waals surface area contributed by atoms with Gasteiger partial charge in [0.05, 0.1) is 23.1 Å². The second-order valence-corrected chi connectivity index (χ2v) is 6.07. The Kier molecular flexibility index (Phi) is 4.50. The van der Waals surface area contributed by atoms with Crippen molar-refractivity contribution in [2.45, 2.75) is 0 Å². The summed E-state index contributed by atoms with van der Waals surface area (Å²) < 4.78 is 0. The monoisotopic (exact) mass is 318 g/mol. The number of aromatic nitrogens is 2. The summed E-state index contributed by atoms with van der Waals surface area (Å²) in [5, 5.41) is 8.18. The number of hydrogen-bond donors (Lipinski definition) is 2. The van der Waals surface area contributed by atoms with Crippen LogP contribution < -0.4 is 15.5 Å². The van der Waals surface area contributed by atoms with Gasteiger partial charge in [-0.3, -0.25) is 5.32 Å². The smallest absolute Gasteiger partial charge is 0.324 e. The zero-order valence-electron chi connectivity index (χ0n) is 12.3. The van der Waals surface area contributed by atoms with E-state index in [1.807, 2.05) is 17.5 Å². The van der Waals surface area contributed by atoms with Crippen LogP contribution in [0.3, 0.4) is 0 Å². The molecule has 2 aromatic heterocycles. The molecule has 0 bridgehead atoms. The Morgan fingerprint density at radius 2 is 1.91 bits per heavy atom. The van der Waals surface area contributed by atoms with Gasteiger partial charge in [0.2, 0.25) is 5.95 Å². The van der Waals surface area contributed by atoms with E-state index in [1.165, 1.54) is 11.3 Å². The summed E-state index contributed by atoms with van der Waals surface area (Å²) in [7, 11) is 2.11. The molecule has 7 nitrogen and oxygen atoms in total. The third-order valence-corrected chi connectivity index (χ3v) is 4.23. The Morgan fingerprint density at radius 1 is 1.18 bits per heavy atom. The zero-order chi connectivity index (χ0) is 15.4. The minimum atomic E-state index is -0.293. The number of likely N-dealkylation sites (N-methyl/N-ethyl adjacent to an activating group) is 1. The molecule has 0 unspecified atom stereocenters. The van der Waals surface area contributed by atoms with Crippen LogP contribution in [0.15, 0.2) is 29.9 Å². The van der Waals surface area contributed by atoms with Crippen LogP contribution in [-0.2, 0) is 0 Å². The number of piperazine rings is 1. The first-order valence-electron chi connectivity index (χ1n) is 7.08. The number of carbonyl (C=O) groups is 1. The van der Waals surface area contributed by atoms with Gasteiger partial charge in [-0.15, -0.1) is 11.3 Å². The molecule has 2 amide bonds. The molecule has 116 valence electrons. The molecular formula is C14H18N6OS. The lowest BCUT2D eigenvalue weighted by Crippen LogP contribution is -2.45. The van der Waals surface area contributed by atoms with Crippen molar-refractivity contribution in [2.24, 2.45) is 0 Å². The molecule has 22 heavy (non-hydrogen) atoms. The van der Waals surface area contributed by atoms with Crippen molar-refractivity contribution in [3.63, 3.8) is 0 Å². The summed E-state index contributed by atoms with van der Waals surface area (Å²) in [5.74, 6) is 0.706. The van der Waals surface area contributed by atoms with Crippen LogP contribution in [0.5, 0.6) is 0 Å². The fourth-order valence-corrected chi connectivity index (χ4v) is 2.79. The third-order valence-electron chi connectivity index (χ3n) is 3.44. The Labute approximate surface area is 133 Å². The highest BCUT2D eigenvalue weighted by atomic mass is 32.1. The highest BCUT2D eigenvalue weighted by molar-refractivity contribution is 7.14. The van der Waals surface area contributed by atoms with Gasteiger partial charge in [-0.25, -0.2) is 14.8 Å². The van der Waals surface area contributed by atoms with Gasteiger partial charge in [0.25, 0.3) is 0 Å². The maximum Gasteiger partial charge on any atom is 0.324 e. The van der Waals surface area contributed by atoms with E-state index < -0.39 is 0 Å². The summed E-state index contributed by atoms with van der Waals surface area (Å²) in [6.07, 6.45) is 3.27. The predicted molar refractivity (Wildman–Crippen MR) is 88.7 cm³/mol. The first-order valence-corrected chi connectivity index (χ1v) is 7.96. The number of urea groups is 1. The molecule has 1 saturated heterocycles. The lowest BCUT2D eigenvalue weighted by Gasteiger charge is -2.32. The molecule has 0 radical (unpaired) electrons. The van der Waals surface area contributed by atoms with E-state index in [2.05, 4.69) is 37.4 Å². The van der Waals surface area contributed by atoms with Crippen molar-refractivity contribution < 1.29 is 4.79 Å². The van der Waals surface area contributed by atoms with Gasteiger partial charge in [-0.2, -0.15) is 0 Å². The Balaban J connectivity index is 1.56. The summed E-state index contributed by atoms with van der Waals surface area (Å²) in [6.45, 7) is 3.85. The minimum absolute atomic E-state index is 0.293. The van der Waals surface area contributed by atoms with Crippen LogP contribution in [-0.4, -0.2) is 54.1 Å². The highest BCUT2D eigenvalue weighted by Gasteiger charge is 2.16. The van der Waals surface area contributed by atoms with Gasteiger partial charge in [-0.05, 0) is 24.6 Å². The topological polar surface area (TPSA) is 73.4 Å². The molecular weight excluding hydrogens is 300 g/mol. The Hall–Kier alpha value is -2.19. The molecule has 1 fully saturated rings. The van der Waals surface area contributed by atoms with Gasteiger partial charge in [0.1, 0.15) is 0 Å². The van der Waals surface area contributed by atoms with Crippen LogP contribution in [0.4, 0.5) is 21.4 Å². The standard InChI is InChI=1S/C14H18N6OS/c1-19-4-6-20(7-5-19)13-15-9-11(10-16-13)17-14(21)18-12-3-2-8-22-12/h2-3,8-10H,4-7H2,1H3,(H2,17,18,21). The summed E-state index contributed by atoms with van der Waals surface area (Å²) in [6, 6.07) is 3.43. The molecule has 1 aliphatic heterocycles. The molecule has 8 heteroatoms. The molecule has 2 N–H and O–H groups in total. The Morgan fingerprint density at radius 3 is 2.55 bits per heavy atom. The number of amides is 2. The van der Waals surface area contributed by atoms with Crippen molar-refractivity contribution in [1.29, 1.82) is 0 Å². The van der Waals surface area contributed by atoms with Gasteiger partial charge >= 0.3 is 6.03 Å². The lowest BCUT2D eigenvalue weighted by molar-refractivity contribution is 0.262. The van der Waals surface area contributed by atoms with Crippen molar-refractivity contribution >= 4 is 34.0 Å². The lowest BCUT2D eigenvalue weighted by atomic mass is 10.3. The summed E-state index contributed by atoms with van der Waals surface area (Å²) in [4.78, 5) is 24.9. The van der Waals surface area contributed by atoms with E-state index in [1.54, 1.807) is 12.4 Å². The number of carbonyl (C=O) groups excluding carboxylic acids is 1. The quantitative estimate of drug-likeness (QED) is 0.905. The molecule has 0 aliphatic carbocycles. The van der Waals surface area contributed by atoms with E-state index in [4.69, 9.17) is 0 Å². The zero-order valence-corrected chi connectivity index (χ0v) is 13.1. The fourth-order valence-electron chi connectivity index (χ4n) is 2.18. The fraction of sp³-hybridized carbons (Fsp3) is 0.357. The first kappa shape index (κ1) is 14.7. The average molecular weight is 318 g/mol. The van der Waals surface area contributed by atoms with Crippen molar-refractivity contribution in [1.82, 2.24) is 14.9 Å². The third kappa shape index (κ3) is 3.71. The molecule has 0 aromatic carbocycles. The maximum absolute atomic E-state index is 11.8. The van der Waals surface area contributed by atoms with E-state index in [0.717, 1.165) is 31.2 Å². The Bertz CT molecular complexity index is 607. The first-order chi connectivity index (χ1) is 10.7. The van der Waals surface area contributed by atoms with Crippen molar-refractivity contribution in [3.8, 4) is 0 Å². The van der Waals surface area contributed by atoms with Gasteiger partial charge < -0.3 is 15.1 Å². The van der Waals surface area contributed by atoms with Crippen molar-refractivity contribution in [3.05, 3.63) is 29.9 Å². The second kappa shape index (κ2) is 6.71. The van der Waals surface area contributed by atoms with E-state index in [0.29, 0.717) is 11.6 Å². The molecule has 3 rings (SSSR count). The van der Waals surface area contributed by atoms with Crippen LogP contribution >= 0.6 is 11.3 Å². The van der Waals surface area contributed by atoms with Gasteiger partial charge in [0.15, 0.2) is 0 Å². The molecule has 2 aromatic rings. The van der Waals surface area contributed by atoms with Crippen LogP contribution in [0.25, 0.3) is 0 Å². The predicted octanol–water partition coefficient (Wildman–Crippen LogP) is 1.93. The number of rotatable bonds is 3. The summed E-state index contributed by atoms with van der Waals surface area (Å²) >= 11 is 1.47. The highest BCUT2D eigenvalue weighted by Crippen LogP contribution is 2.16. The van der Waals surface area contributed by atoms with Crippen LogP contribution in [0, 0.1) is 0 Å². The van der Waals surface area contributed by atoms with Crippen LogP contribution in [0.2, 0.25) is 0 Å². The minimum Gasteiger partial charge on any atom is -0.338 e. The SMILES string of the molecule is CN1CCN(c2ncc(NC(=O)Nc3cccs3)cn2)CC1. The second-order valence-electron chi connectivity index (χ2n) is 5.12. The molecule has 0 saturated carbocycles. The number of anilines is 3. The van der Waals surface area contributed by atoms with E-state index in [-0.39, 0.29) is 6.03 Å². The van der Waals surface area contributed by atoms with Gasteiger partial charge in [0, 0.05) is 26.2 Å². The average Bonchev–Trinajstić information content (AvgIpc) is 3.02. The largest absolute Gasteiger partial charge is 0.338 e. The molecule has 3 heterocycles. The number of nitrogens with one attached hydrogen (secondary N) is 2. The van der Waals surface area contributed by atoms with Crippen molar-refractivity contribution in [2.75, 3.05) is 48.8 Å².